The van der Waals surface area contributed by atoms with E-state index in [-0.39, 0.29) is 20.9 Å². The highest BCUT2D eigenvalue weighted by Crippen LogP contribution is 2.35. The summed E-state index contributed by atoms with van der Waals surface area (Å²) >= 11 is 8.65. The fourth-order valence-electron chi connectivity index (χ4n) is 1.73. The van der Waals surface area contributed by atoms with E-state index in [0.29, 0.717) is 0 Å². The van der Waals surface area contributed by atoms with Gasteiger partial charge in [0.25, 0.3) is 0 Å². The van der Waals surface area contributed by atoms with E-state index in [2.05, 4.69) is 20.9 Å². The normalized spacial score (nSPS) is 11.5. The number of nitrogens with two attached hydrogens (primary N) is 1. The third kappa shape index (κ3) is 3.36. The van der Waals surface area contributed by atoms with Crippen LogP contribution < -0.4 is 5.73 Å². The highest BCUT2D eigenvalue weighted by atomic mass is 79.9. The van der Waals surface area contributed by atoms with E-state index in [1.807, 2.05) is 0 Å². The van der Waals surface area contributed by atoms with Gasteiger partial charge in [-0.2, -0.15) is 13.2 Å². The number of anilines is 1. The van der Waals surface area contributed by atoms with Gasteiger partial charge in [0, 0.05) is 16.2 Å². The second kappa shape index (κ2) is 5.65. The first-order valence-corrected chi connectivity index (χ1v) is 6.69. The van der Waals surface area contributed by atoms with Crippen LogP contribution in [0.25, 0.3) is 0 Å². The first kappa shape index (κ1) is 15.8. The molecule has 0 saturated carbocycles. The van der Waals surface area contributed by atoms with Crippen molar-refractivity contribution in [1.29, 1.82) is 0 Å². The average Bonchev–Trinajstić information content (AvgIpc) is 2.40. The van der Waals surface area contributed by atoms with Crippen LogP contribution in [0.4, 0.5) is 19.0 Å². The minimum atomic E-state index is -4.67. The molecule has 0 amide bonds. The molecule has 2 rings (SSSR count). The highest BCUT2D eigenvalue weighted by molar-refractivity contribution is 9.10. The Hall–Kier alpha value is -1.60. The Kier molecular flexibility index (Phi) is 4.25. The average molecular weight is 380 g/mol. The lowest BCUT2D eigenvalue weighted by molar-refractivity contribution is -0.137. The molecule has 0 aliphatic heterocycles. The summed E-state index contributed by atoms with van der Waals surface area (Å²) in [7, 11) is 0. The molecular weight excluding hydrogens is 373 g/mol. The van der Waals surface area contributed by atoms with Crippen molar-refractivity contribution in [1.82, 2.24) is 4.98 Å². The lowest BCUT2D eigenvalue weighted by Gasteiger charge is -2.13. The third-order valence-corrected chi connectivity index (χ3v) is 3.36. The lowest BCUT2D eigenvalue weighted by atomic mass is 9.98. The number of nitrogen functional groups attached to an aromatic ring is 1. The van der Waals surface area contributed by atoms with Crippen LogP contribution in [-0.2, 0) is 6.18 Å². The van der Waals surface area contributed by atoms with Crippen molar-refractivity contribution in [2.45, 2.75) is 6.18 Å². The van der Waals surface area contributed by atoms with Crippen molar-refractivity contribution in [3.05, 3.63) is 56.6 Å². The zero-order valence-electron chi connectivity index (χ0n) is 10.2. The fourth-order valence-corrected chi connectivity index (χ4v) is 2.24. The van der Waals surface area contributed by atoms with Crippen LogP contribution in [0.2, 0.25) is 5.02 Å². The predicted molar refractivity (Wildman–Crippen MR) is 76.2 cm³/mol. The van der Waals surface area contributed by atoms with E-state index >= 15 is 0 Å². The molecule has 0 aliphatic carbocycles. The third-order valence-electron chi connectivity index (χ3n) is 2.66. The maximum Gasteiger partial charge on any atom is 0.417 e. The Labute approximate surface area is 131 Å². The molecule has 0 spiro atoms. The number of hydrogen-bond donors (Lipinski definition) is 1. The number of alkyl halides is 3. The van der Waals surface area contributed by atoms with Crippen LogP contribution in [0.15, 0.2) is 34.9 Å². The Balaban J connectivity index is 2.61. The molecule has 0 atom stereocenters. The second-order valence-electron chi connectivity index (χ2n) is 4.10. The van der Waals surface area contributed by atoms with Crippen molar-refractivity contribution < 1.29 is 18.0 Å². The summed E-state index contributed by atoms with van der Waals surface area (Å²) < 4.78 is 39.3. The summed E-state index contributed by atoms with van der Waals surface area (Å²) in [5, 5.41) is 0.109. The van der Waals surface area contributed by atoms with Crippen LogP contribution in [-0.4, -0.2) is 10.8 Å². The fraction of sp³-hybridized carbons (Fsp3) is 0.0769. The molecule has 0 saturated heterocycles. The molecule has 2 aromatic rings. The van der Waals surface area contributed by atoms with Gasteiger partial charge in [0.1, 0.15) is 5.82 Å². The zero-order chi connectivity index (χ0) is 15.8. The van der Waals surface area contributed by atoms with Gasteiger partial charge < -0.3 is 5.73 Å². The minimum Gasteiger partial charge on any atom is -0.383 e. The number of rotatable bonds is 2. The molecule has 8 heteroatoms. The van der Waals surface area contributed by atoms with Gasteiger partial charge in [0.2, 0.25) is 0 Å². The SMILES string of the molecule is Nc1ncc(Cl)cc1C(=O)c1ccc(Br)cc1C(F)(F)F. The van der Waals surface area contributed by atoms with Gasteiger partial charge in [-0.25, -0.2) is 4.98 Å². The number of halogens is 5. The first-order valence-electron chi connectivity index (χ1n) is 5.52. The summed E-state index contributed by atoms with van der Waals surface area (Å²) in [5.41, 5.74) is 3.80. The largest absolute Gasteiger partial charge is 0.417 e. The maximum absolute atomic E-state index is 13.0. The van der Waals surface area contributed by atoms with E-state index in [4.69, 9.17) is 17.3 Å². The van der Waals surface area contributed by atoms with Gasteiger partial charge in [-0.05, 0) is 24.3 Å². The molecule has 1 aromatic carbocycles. The summed E-state index contributed by atoms with van der Waals surface area (Å²) in [6.45, 7) is 0. The molecule has 2 N–H and O–H groups in total. The Morgan fingerprint density at radius 2 is 1.90 bits per heavy atom. The number of hydrogen-bond acceptors (Lipinski definition) is 3. The monoisotopic (exact) mass is 378 g/mol. The van der Waals surface area contributed by atoms with Crippen molar-refractivity contribution >= 4 is 39.1 Å². The lowest BCUT2D eigenvalue weighted by Crippen LogP contribution is -2.15. The topological polar surface area (TPSA) is 56.0 Å². The van der Waals surface area contributed by atoms with Gasteiger partial charge in [-0.1, -0.05) is 27.5 Å². The van der Waals surface area contributed by atoms with Crippen molar-refractivity contribution in [2.24, 2.45) is 0 Å². The maximum atomic E-state index is 13.0. The van der Waals surface area contributed by atoms with E-state index in [1.54, 1.807) is 0 Å². The molecule has 3 nitrogen and oxygen atoms in total. The van der Waals surface area contributed by atoms with Gasteiger partial charge >= 0.3 is 6.18 Å². The second-order valence-corrected chi connectivity index (χ2v) is 5.46. The van der Waals surface area contributed by atoms with Crippen LogP contribution in [0.5, 0.6) is 0 Å². The van der Waals surface area contributed by atoms with E-state index < -0.39 is 23.1 Å². The Morgan fingerprint density at radius 1 is 1.24 bits per heavy atom. The van der Waals surface area contributed by atoms with Crippen molar-refractivity contribution in [3.63, 3.8) is 0 Å². The molecule has 0 aliphatic rings. The van der Waals surface area contributed by atoms with Crippen LogP contribution >= 0.6 is 27.5 Å². The Morgan fingerprint density at radius 3 is 2.52 bits per heavy atom. The number of aromatic nitrogens is 1. The standard InChI is InChI=1S/C13H7BrClF3N2O/c14-6-1-2-8(10(3-6)13(16,17)18)11(21)9-4-7(15)5-20-12(9)19/h1-5H,(H2,19,20). The van der Waals surface area contributed by atoms with Gasteiger partial charge in [-0.3, -0.25) is 4.79 Å². The van der Waals surface area contributed by atoms with Gasteiger partial charge in [0.15, 0.2) is 5.78 Å². The molecule has 110 valence electrons. The summed E-state index contributed by atoms with van der Waals surface area (Å²) in [6.07, 6.45) is -3.46. The summed E-state index contributed by atoms with van der Waals surface area (Å²) in [5.74, 6) is -1.07. The molecule has 21 heavy (non-hydrogen) atoms. The molecule has 1 heterocycles. The molecule has 1 aromatic heterocycles. The molecule has 0 unspecified atom stereocenters. The predicted octanol–water partition coefficient (Wildman–Crippen LogP) is 4.33. The number of benzene rings is 1. The number of nitrogens with zero attached hydrogens (tertiary/aromatic N) is 1. The number of pyridine rings is 1. The van der Waals surface area contributed by atoms with E-state index in [0.717, 1.165) is 12.1 Å². The van der Waals surface area contributed by atoms with Gasteiger partial charge in [-0.15, -0.1) is 0 Å². The smallest absolute Gasteiger partial charge is 0.383 e. The number of ketones is 1. The molecule has 0 bridgehead atoms. The van der Waals surface area contributed by atoms with Crippen LogP contribution in [0.1, 0.15) is 21.5 Å². The van der Waals surface area contributed by atoms with Gasteiger partial charge in [0.05, 0.1) is 16.1 Å². The van der Waals surface area contributed by atoms with Crippen LogP contribution in [0, 0.1) is 0 Å². The molecular formula is C13H7BrClF3N2O. The summed E-state index contributed by atoms with van der Waals surface area (Å²) in [6, 6.07) is 4.45. The molecule has 0 radical (unpaired) electrons. The number of carbonyl (C=O) groups is 1. The summed E-state index contributed by atoms with van der Waals surface area (Å²) in [4.78, 5) is 16.0. The van der Waals surface area contributed by atoms with E-state index in [1.165, 1.54) is 18.3 Å². The molecule has 0 fully saturated rings. The number of carbonyl (C=O) groups excluding carboxylic acids is 1. The first-order chi connectivity index (χ1) is 9.70. The van der Waals surface area contributed by atoms with Crippen LogP contribution in [0.3, 0.4) is 0 Å². The quantitative estimate of drug-likeness (QED) is 0.790. The Bertz CT molecular complexity index is 719. The van der Waals surface area contributed by atoms with Crippen molar-refractivity contribution in [2.75, 3.05) is 5.73 Å². The van der Waals surface area contributed by atoms with E-state index in [9.17, 15) is 18.0 Å². The van der Waals surface area contributed by atoms with Crippen molar-refractivity contribution in [3.8, 4) is 0 Å². The zero-order valence-corrected chi connectivity index (χ0v) is 12.6. The highest BCUT2D eigenvalue weighted by Gasteiger charge is 2.36. The minimum absolute atomic E-state index is 0.109.